The maximum Gasteiger partial charge on any atom is 0.242 e. The maximum atomic E-state index is 12.6. The monoisotopic (exact) mass is 307 g/mol. The summed E-state index contributed by atoms with van der Waals surface area (Å²) in [6.45, 7) is 4.55. The van der Waals surface area contributed by atoms with Gasteiger partial charge in [0.05, 0.1) is 12.6 Å². The molecule has 0 N–H and O–H groups in total. The minimum atomic E-state index is -0.300. The van der Waals surface area contributed by atoms with Crippen molar-refractivity contribution in [2.45, 2.75) is 50.9 Å². The highest BCUT2D eigenvalue weighted by Crippen LogP contribution is 2.36. The molecule has 1 aromatic rings. The molecule has 1 spiro atoms. The number of aromatic nitrogens is 2. The number of ether oxygens (including phenoxy) is 2. The summed E-state index contributed by atoms with van der Waals surface area (Å²) in [4.78, 5) is 18.9. The quantitative estimate of drug-likeness (QED) is 0.840. The molecule has 2 atom stereocenters. The first-order valence-corrected chi connectivity index (χ1v) is 8.13. The van der Waals surface area contributed by atoms with E-state index in [1.54, 1.807) is 13.3 Å². The summed E-state index contributed by atoms with van der Waals surface area (Å²) in [6.07, 6.45) is 7.42. The number of aryl methyl sites for hydroxylation is 1. The van der Waals surface area contributed by atoms with Crippen molar-refractivity contribution < 1.29 is 14.3 Å². The van der Waals surface area contributed by atoms with Crippen molar-refractivity contribution in [1.82, 2.24) is 14.5 Å². The zero-order chi connectivity index (χ0) is 15.6. The van der Waals surface area contributed by atoms with Crippen LogP contribution >= 0.6 is 0 Å². The van der Waals surface area contributed by atoms with Crippen molar-refractivity contribution in [2.24, 2.45) is 0 Å². The van der Waals surface area contributed by atoms with Crippen LogP contribution in [-0.4, -0.2) is 58.9 Å². The standard InChI is InChI=1S/C16H25N3O3/c1-3-14-17-7-9-18(14)11-15(20)19-8-5-13(21-2)16(12-19)6-4-10-22-16/h7,9,13H,3-6,8,10-12H2,1-2H3/t13-,16-/m0/s1. The maximum absolute atomic E-state index is 12.6. The number of rotatable bonds is 4. The van der Waals surface area contributed by atoms with Gasteiger partial charge in [-0.1, -0.05) is 6.92 Å². The summed E-state index contributed by atoms with van der Waals surface area (Å²) in [6, 6.07) is 0. The van der Waals surface area contributed by atoms with Crippen molar-refractivity contribution in [3.05, 3.63) is 18.2 Å². The smallest absolute Gasteiger partial charge is 0.242 e. The van der Waals surface area contributed by atoms with Gasteiger partial charge >= 0.3 is 0 Å². The van der Waals surface area contributed by atoms with Crippen LogP contribution in [0.5, 0.6) is 0 Å². The normalized spacial score (nSPS) is 28.5. The molecule has 2 aliphatic heterocycles. The highest BCUT2D eigenvalue weighted by atomic mass is 16.6. The minimum absolute atomic E-state index is 0.0958. The van der Waals surface area contributed by atoms with Gasteiger partial charge in [-0.25, -0.2) is 4.98 Å². The molecule has 6 nitrogen and oxygen atoms in total. The van der Waals surface area contributed by atoms with Crippen LogP contribution in [0.3, 0.4) is 0 Å². The van der Waals surface area contributed by atoms with Gasteiger partial charge in [-0.3, -0.25) is 4.79 Å². The van der Waals surface area contributed by atoms with E-state index in [2.05, 4.69) is 11.9 Å². The molecule has 0 saturated carbocycles. The molecule has 3 heterocycles. The first-order chi connectivity index (χ1) is 10.7. The fourth-order valence-corrected chi connectivity index (χ4v) is 3.73. The Kier molecular flexibility index (Phi) is 4.49. The zero-order valence-electron chi connectivity index (χ0n) is 13.5. The van der Waals surface area contributed by atoms with Gasteiger partial charge in [0.15, 0.2) is 0 Å². The van der Waals surface area contributed by atoms with Gasteiger partial charge in [-0.2, -0.15) is 0 Å². The van der Waals surface area contributed by atoms with Gasteiger partial charge in [-0.05, 0) is 19.3 Å². The van der Waals surface area contributed by atoms with Gasteiger partial charge < -0.3 is 18.9 Å². The fourth-order valence-electron chi connectivity index (χ4n) is 3.73. The van der Waals surface area contributed by atoms with E-state index in [1.165, 1.54) is 0 Å². The highest BCUT2D eigenvalue weighted by Gasteiger charge is 2.48. The molecule has 0 bridgehead atoms. The summed E-state index contributed by atoms with van der Waals surface area (Å²) in [5.74, 6) is 1.09. The topological polar surface area (TPSA) is 56.6 Å². The lowest BCUT2D eigenvalue weighted by Crippen LogP contribution is -2.58. The number of carbonyl (C=O) groups is 1. The number of amides is 1. The van der Waals surface area contributed by atoms with Gasteiger partial charge in [-0.15, -0.1) is 0 Å². The molecule has 0 aliphatic carbocycles. The Morgan fingerprint density at radius 3 is 3.14 bits per heavy atom. The van der Waals surface area contributed by atoms with Crippen LogP contribution in [0.25, 0.3) is 0 Å². The van der Waals surface area contributed by atoms with E-state index >= 15 is 0 Å². The van der Waals surface area contributed by atoms with E-state index < -0.39 is 0 Å². The number of hydrogen-bond donors (Lipinski definition) is 0. The van der Waals surface area contributed by atoms with Gasteiger partial charge in [0.1, 0.15) is 18.0 Å². The number of methoxy groups -OCH3 is 1. The molecule has 0 radical (unpaired) electrons. The molecule has 22 heavy (non-hydrogen) atoms. The number of nitrogens with zero attached hydrogens (tertiary/aromatic N) is 3. The molecule has 122 valence electrons. The van der Waals surface area contributed by atoms with E-state index in [0.717, 1.165) is 44.7 Å². The fraction of sp³-hybridized carbons (Fsp3) is 0.750. The van der Waals surface area contributed by atoms with Crippen LogP contribution in [-0.2, 0) is 27.2 Å². The van der Waals surface area contributed by atoms with E-state index in [1.807, 2.05) is 15.7 Å². The van der Waals surface area contributed by atoms with Crippen LogP contribution in [0.4, 0.5) is 0 Å². The van der Waals surface area contributed by atoms with E-state index in [9.17, 15) is 4.79 Å². The number of piperidine rings is 1. The molecular formula is C16H25N3O3. The Hall–Kier alpha value is -1.40. The summed E-state index contributed by atoms with van der Waals surface area (Å²) < 4.78 is 13.6. The number of likely N-dealkylation sites (tertiary alicyclic amines) is 1. The molecular weight excluding hydrogens is 282 g/mol. The van der Waals surface area contributed by atoms with Crippen molar-refractivity contribution in [2.75, 3.05) is 26.8 Å². The molecule has 1 aromatic heterocycles. The highest BCUT2D eigenvalue weighted by molar-refractivity contribution is 5.76. The number of hydrogen-bond acceptors (Lipinski definition) is 4. The summed E-state index contributed by atoms with van der Waals surface area (Å²) >= 11 is 0. The Balaban J connectivity index is 1.68. The Labute approximate surface area is 131 Å². The van der Waals surface area contributed by atoms with Crippen molar-refractivity contribution >= 4 is 5.91 Å². The second-order valence-corrected chi connectivity index (χ2v) is 6.17. The predicted octanol–water partition coefficient (Wildman–Crippen LogP) is 1.24. The lowest BCUT2D eigenvalue weighted by atomic mass is 9.87. The third-order valence-corrected chi connectivity index (χ3v) is 4.90. The largest absolute Gasteiger partial charge is 0.378 e. The number of carbonyl (C=O) groups excluding carboxylic acids is 1. The lowest BCUT2D eigenvalue weighted by Gasteiger charge is -2.44. The Morgan fingerprint density at radius 1 is 1.59 bits per heavy atom. The zero-order valence-corrected chi connectivity index (χ0v) is 13.5. The van der Waals surface area contributed by atoms with Crippen molar-refractivity contribution in [3.8, 4) is 0 Å². The molecule has 2 aliphatic rings. The van der Waals surface area contributed by atoms with Gasteiger partial charge in [0, 0.05) is 39.1 Å². The molecule has 0 unspecified atom stereocenters. The molecule has 0 aromatic carbocycles. The van der Waals surface area contributed by atoms with Crippen LogP contribution in [0.2, 0.25) is 0 Å². The Morgan fingerprint density at radius 2 is 2.45 bits per heavy atom. The van der Waals surface area contributed by atoms with Crippen molar-refractivity contribution in [1.29, 1.82) is 0 Å². The first kappa shape index (κ1) is 15.5. The lowest BCUT2D eigenvalue weighted by molar-refractivity contribution is -0.161. The summed E-state index contributed by atoms with van der Waals surface area (Å²) in [5.41, 5.74) is -0.300. The SMILES string of the molecule is CCc1nccn1CC(=O)N1CC[C@H](OC)[C@]2(CCCO2)C1. The molecule has 1 amide bonds. The summed E-state index contributed by atoms with van der Waals surface area (Å²) in [5, 5.41) is 0. The third-order valence-electron chi connectivity index (χ3n) is 4.90. The van der Waals surface area contributed by atoms with E-state index in [4.69, 9.17) is 9.47 Å². The summed E-state index contributed by atoms with van der Waals surface area (Å²) in [7, 11) is 1.74. The average Bonchev–Trinajstić information content (AvgIpc) is 3.17. The first-order valence-electron chi connectivity index (χ1n) is 8.13. The minimum Gasteiger partial charge on any atom is -0.378 e. The van der Waals surface area contributed by atoms with Crippen LogP contribution in [0, 0.1) is 0 Å². The van der Waals surface area contributed by atoms with Crippen molar-refractivity contribution in [3.63, 3.8) is 0 Å². The third kappa shape index (κ3) is 2.77. The van der Waals surface area contributed by atoms with Gasteiger partial charge in [0.2, 0.25) is 5.91 Å². The van der Waals surface area contributed by atoms with Crippen LogP contribution < -0.4 is 0 Å². The average molecular weight is 307 g/mol. The molecule has 2 fully saturated rings. The predicted molar refractivity (Wildman–Crippen MR) is 81.5 cm³/mol. The van der Waals surface area contributed by atoms with Crippen LogP contribution in [0.15, 0.2) is 12.4 Å². The van der Waals surface area contributed by atoms with E-state index in [0.29, 0.717) is 13.1 Å². The van der Waals surface area contributed by atoms with E-state index in [-0.39, 0.29) is 17.6 Å². The Bertz CT molecular complexity index is 522. The second kappa shape index (κ2) is 6.38. The molecule has 3 rings (SSSR count). The number of imidazole rings is 1. The van der Waals surface area contributed by atoms with Gasteiger partial charge in [0.25, 0.3) is 0 Å². The second-order valence-electron chi connectivity index (χ2n) is 6.17. The molecule has 6 heteroatoms. The molecule has 2 saturated heterocycles. The van der Waals surface area contributed by atoms with Crippen LogP contribution in [0.1, 0.15) is 32.0 Å².